The molecule has 1 aromatic rings. The van der Waals surface area contributed by atoms with Crippen LogP contribution in [0.4, 0.5) is 0 Å². The van der Waals surface area contributed by atoms with Crippen LogP contribution in [0.3, 0.4) is 0 Å². The number of nitrogens with zero attached hydrogens (tertiary/aromatic N) is 1. The number of rotatable bonds is 0. The van der Waals surface area contributed by atoms with Crippen molar-refractivity contribution in [2.75, 3.05) is 0 Å². The van der Waals surface area contributed by atoms with E-state index in [2.05, 4.69) is 4.98 Å². The Balaban J connectivity index is 0.000000236. The molecule has 0 atom stereocenters. The Labute approximate surface area is 64.6 Å². The van der Waals surface area contributed by atoms with Crippen molar-refractivity contribution in [3.8, 4) is 0 Å². The molecule has 2 N–H and O–H groups in total. The molecule has 1 aromatic heterocycles. The van der Waals surface area contributed by atoms with Gasteiger partial charge in [-0.15, -0.1) is 0 Å². The largest absolute Gasteiger partial charge is 0.432 e. The Morgan fingerprint density at radius 1 is 1.30 bits per heavy atom. The SMILES string of the molecule is Clc1ccncc1.OBO. The summed E-state index contributed by atoms with van der Waals surface area (Å²) >= 11 is 5.50. The van der Waals surface area contributed by atoms with Crippen LogP contribution >= 0.6 is 11.6 Å². The van der Waals surface area contributed by atoms with Gasteiger partial charge in [0.25, 0.3) is 0 Å². The van der Waals surface area contributed by atoms with Crippen molar-refractivity contribution < 1.29 is 10.0 Å². The predicted octanol–water partition coefficient (Wildman–Crippen LogP) is -0.0275. The Hall–Kier alpha value is -0.575. The first-order valence-electron chi connectivity index (χ1n) is 2.58. The van der Waals surface area contributed by atoms with Gasteiger partial charge in [0.1, 0.15) is 0 Å². The maximum absolute atomic E-state index is 7.12. The molecular formula is C5H7BClNO2. The summed E-state index contributed by atoms with van der Waals surface area (Å²) in [6.45, 7) is 0. The Bertz CT molecular complexity index is 161. The lowest BCUT2D eigenvalue weighted by molar-refractivity contribution is 0.448. The van der Waals surface area contributed by atoms with Gasteiger partial charge in [-0.3, -0.25) is 4.98 Å². The van der Waals surface area contributed by atoms with Gasteiger partial charge in [-0.1, -0.05) is 11.6 Å². The lowest BCUT2D eigenvalue weighted by Gasteiger charge is -1.79. The van der Waals surface area contributed by atoms with Crippen molar-refractivity contribution in [2.45, 2.75) is 0 Å². The molecule has 0 spiro atoms. The molecule has 0 amide bonds. The van der Waals surface area contributed by atoms with Gasteiger partial charge in [0.05, 0.1) is 0 Å². The van der Waals surface area contributed by atoms with Crippen LogP contribution in [0, 0.1) is 0 Å². The van der Waals surface area contributed by atoms with Crippen molar-refractivity contribution in [3.05, 3.63) is 29.5 Å². The van der Waals surface area contributed by atoms with Crippen molar-refractivity contribution in [1.82, 2.24) is 4.98 Å². The summed E-state index contributed by atoms with van der Waals surface area (Å²) in [5, 5.41) is 15.0. The normalized spacial score (nSPS) is 7.50. The van der Waals surface area contributed by atoms with Crippen molar-refractivity contribution in [2.24, 2.45) is 0 Å². The zero-order valence-electron chi connectivity index (χ0n) is 5.24. The molecule has 0 saturated carbocycles. The predicted molar refractivity (Wildman–Crippen MR) is 40.8 cm³/mol. The molecule has 5 heteroatoms. The summed E-state index contributed by atoms with van der Waals surface area (Å²) in [5.74, 6) is 0. The number of halogens is 1. The van der Waals surface area contributed by atoms with E-state index in [-0.39, 0.29) is 0 Å². The highest BCUT2D eigenvalue weighted by Gasteiger charge is 1.75. The van der Waals surface area contributed by atoms with Gasteiger partial charge in [-0.05, 0) is 12.1 Å². The molecule has 3 nitrogen and oxygen atoms in total. The maximum atomic E-state index is 7.12. The first kappa shape index (κ1) is 9.42. The average molecular weight is 159 g/mol. The fourth-order valence-corrected chi connectivity index (χ4v) is 0.446. The van der Waals surface area contributed by atoms with E-state index in [1.807, 2.05) is 0 Å². The van der Waals surface area contributed by atoms with Crippen LogP contribution in [0.5, 0.6) is 0 Å². The molecule has 0 radical (unpaired) electrons. The third-order valence-electron chi connectivity index (χ3n) is 0.640. The van der Waals surface area contributed by atoms with Gasteiger partial charge in [-0.2, -0.15) is 0 Å². The lowest BCUT2D eigenvalue weighted by atomic mass is 10.5. The van der Waals surface area contributed by atoms with Gasteiger partial charge in [-0.25, -0.2) is 0 Å². The molecule has 0 aliphatic rings. The van der Waals surface area contributed by atoms with Crippen molar-refractivity contribution in [1.29, 1.82) is 0 Å². The second kappa shape index (κ2) is 6.54. The molecule has 10 heavy (non-hydrogen) atoms. The fourth-order valence-electron chi connectivity index (χ4n) is 0.334. The Morgan fingerprint density at radius 2 is 1.70 bits per heavy atom. The molecule has 0 aliphatic heterocycles. The standard InChI is InChI=1S/C5H4ClN.BH3O2/c6-5-1-3-7-4-2-5;2-1-3/h1-4H;1-3H. The Kier molecular flexibility index (Phi) is 6.17. The summed E-state index contributed by atoms with van der Waals surface area (Å²) in [7, 11) is -0.750. The molecule has 0 saturated heterocycles. The quantitative estimate of drug-likeness (QED) is 0.523. The molecule has 1 rings (SSSR count). The van der Waals surface area contributed by atoms with E-state index in [1.54, 1.807) is 24.5 Å². The van der Waals surface area contributed by atoms with Gasteiger partial charge < -0.3 is 10.0 Å². The minimum Gasteiger partial charge on any atom is -0.430 e. The second-order valence-corrected chi connectivity index (χ2v) is 1.74. The van der Waals surface area contributed by atoms with Crippen LogP contribution in [-0.4, -0.2) is 22.7 Å². The van der Waals surface area contributed by atoms with Gasteiger partial charge in [0.15, 0.2) is 0 Å². The first-order chi connectivity index (χ1) is 4.81. The summed E-state index contributed by atoms with van der Waals surface area (Å²) in [4.78, 5) is 3.76. The molecule has 0 aromatic carbocycles. The van der Waals surface area contributed by atoms with Crippen LogP contribution < -0.4 is 0 Å². The topological polar surface area (TPSA) is 53.4 Å². The zero-order chi connectivity index (χ0) is 7.82. The Morgan fingerprint density at radius 3 is 1.90 bits per heavy atom. The van der Waals surface area contributed by atoms with Gasteiger partial charge in [0, 0.05) is 17.4 Å². The second-order valence-electron chi connectivity index (χ2n) is 1.31. The highest BCUT2D eigenvalue weighted by molar-refractivity contribution is 6.30. The van der Waals surface area contributed by atoms with Gasteiger partial charge >= 0.3 is 7.69 Å². The number of hydrogen-bond donors (Lipinski definition) is 2. The maximum Gasteiger partial charge on any atom is 0.432 e. The molecule has 54 valence electrons. The number of pyridine rings is 1. The molecule has 1 heterocycles. The van der Waals surface area contributed by atoms with E-state index >= 15 is 0 Å². The van der Waals surface area contributed by atoms with Crippen LogP contribution in [0.2, 0.25) is 5.02 Å². The number of hydrogen-bond acceptors (Lipinski definition) is 3. The van der Waals surface area contributed by atoms with Crippen LogP contribution in [0.15, 0.2) is 24.5 Å². The molecule has 0 fully saturated rings. The van der Waals surface area contributed by atoms with E-state index in [0.29, 0.717) is 0 Å². The molecule has 0 aliphatic carbocycles. The third-order valence-corrected chi connectivity index (χ3v) is 0.892. The lowest BCUT2D eigenvalue weighted by Crippen LogP contribution is -1.75. The summed E-state index contributed by atoms with van der Waals surface area (Å²) < 4.78 is 0. The monoisotopic (exact) mass is 159 g/mol. The van der Waals surface area contributed by atoms with Crippen LogP contribution in [0.25, 0.3) is 0 Å². The average Bonchev–Trinajstić information content (AvgIpc) is 1.91. The minimum absolute atomic E-state index is 0.731. The van der Waals surface area contributed by atoms with Gasteiger partial charge in [0.2, 0.25) is 0 Å². The molecular weight excluding hydrogens is 152 g/mol. The van der Waals surface area contributed by atoms with E-state index in [1.165, 1.54) is 0 Å². The highest BCUT2D eigenvalue weighted by atomic mass is 35.5. The number of aromatic nitrogens is 1. The summed E-state index contributed by atoms with van der Waals surface area (Å²) in [6.07, 6.45) is 3.31. The third kappa shape index (κ3) is 5.56. The van der Waals surface area contributed by atoms with E-state index in [9.17, 15) is 0 Å². The summed E-state index contributed by atoms with van der Waals surface area (Å²) in [6, 6.07) is 3.48. The fraction of sp³-hybridized carbons (Fsp3) is 0. The van der Waals surface area contributed by atoms with E-state index < -0.39 is 7.69 Å². The van der Waals surface area contributed by atoms with Crippen molar-refractivity contribution >= 4 is 19.3 Å². The first-order valence-corrected chi connectivity index (χ1v) is 2.96. The summed E-state index contributed by atoms with van der Waals surface area (Å²) in [5.41, 5.74) is 0. The van der Waals surface area contributed by atoms with E-state index in [4.69, 9.17) is 21.6 Å². The molecule has 0 bridgehead atoms. The zero-order valence-corrected chi connectivity index (χ0v) is 5.99. The van der Waals surface area contributed by atoms with Crippen LogP contribution in [-0.2, 0) is 0 Å². The smallest absolute Gasteiger partial charge is 0.430 e. The van der Waals surface area contributed by atoms with Crippen molar-refractivity contribution in [3.63, 3.8) is 0 Å². The van der Waals surface area contributed by atoms with Crippen LogP contribution in [0.1, 0.15) is 0 Å². The molecule has 0 unspecified atom stereocenters. The minimum atomic E-state index is -0.750. The highest BCUT2D eigenvalue weighted by Crippen LogP contribution is 2.01. The van der Waals surface area contributed by atoms with E-state index in [0.717, 1.165) is 5.02 Å².